The van der Waals surface area contributed by atoms with Gasteiger partial charge in [0.15, 0.2) is 0 Å². The van der Waals surface area contributed by atoms with E-state index in [0.717, 1.165) is 30.8 Å². The van der Waals surface area contributed by atoms with E-state index in [4.69, 9.17) is 0 Å². The summed E-state index contributed by atoms with van der Waals surface area (Å²) in [6, 6.07) is 18.0. The van der Waals surface area contributed by atoms with Crippen LogP contribution in [-0.4, -0.2) is 29.0 Å². The first-order valence-corrected chi connectivity index (χ1v) is 8.89. The third-order valence-electron chi connectivity index (χ3n) is 5.12. The minimum atomic E-state index is -0.0638. The summed E-state index contributed by atoms with van der Waals surface area (Å²) < 4.78 is 0. The topological polar surface area (TPSA) is 49.3 Å². The van der Waals surface area contributed by atoms with E-state index in [-0.39, 0.29) is 5.91 Å². The molecule has 3 aromatic rings. The number of hydrogen-bond donors (Lipinski definition) is 0. The quantitative estimate of drug-likeness (QED) is 0.716. The van der Waals surface area contributed by atoms with Gasteiger partial charge in [0.2, 0.25) is 5.95 Å². The lowest BCUT2D eigenvalue weighted by atomic mass is 10.2. The molecule has 1 amide bonds. The van der Waals surface area contributed by atoms with Gasteiger partial charge in [0.25, 0.3) is 5.91 Å². The zero-order valence-electron chi connectivity index (χ0n) is 14.3. The van der Waals surface area contributed by atoms with E-state index in [2.05, 4.69) is 33.1 Å². The molecule has 0 bridgehead atoms. The van der Waals surface area contributed by atoms with Crippen molar-refractivity contribution in [3.63, 3.8) is 0 Å². The largest absolute Gasteiger partial charge is 0.310 e. The van der Waals surface area contributed by atoms with Gasteiger partial charge < -0.3 is 9.80 Å². The molecule has 0 fully saturated rings. The number of carbonyl (C=O) groups excluding carboxylic acids is 1. The molecule has 128 valence electrons. The van der Waals surface area contributed by atoms with Crippen molar-refractivity contribution in [3.05, 3.63) is 77.6 Å². The highest BCUT2D eigenvalue weighted by Crippen LogP contribution is 2.33. The van der Waals surface area contributed by atoms with Crippen LogP contribution >= 0.6 is 0 Å². The third-order valence-corrected chi connectivity index (χ3v) is 5.12. The number of amides is 1. The molecule has 0 radical (unpaired) electrons. The summed E-state index contributed by atoms with van der Waals surface area (Å²) in [4.78, 5) is 26.0. The molecular formula is C21H18N4O. The highest BCUT2D eigenvalue weighted by molar-refractivity contribution is 6.06. The second-order valence-electron chi connectivity index (χ2n) is 6.61. The molecule has 0 saturated carbocycles. The van der Waals surface area contributed by atoms with E-state index >= 15 is 0 Å². The van der Waals surface area contributed by atoms with Crippen LogP contribution in [0, 0.1) is 0 Å². The monoisotopic (exact) mass is 342 g/mol. The summed E-state index contributed by atoms with van der Waals surface area (Å²) in [5.74, 6) is 0.527. The lowest BCUT2D eigenvalue weighted by molar-refractivity contribution is 0.0984. The maximum Gasteiger partial charge on any atom is 0.277 e. The van der Waals surface area contributed by atoms with Crippen LogP contribution in [0.1, 0.15) is 21.6 Å². The van der Waals surface area contributed by atoms with E-state index in [9.17, 15) is 4.79 Å². The molecular weight excluding hydrogens is 324 g/mol. The second kappa shape index (κ2) is 5.95. The Hall–Kier alpha value is -3.21. The lowest BCUT2D eigenvalue weighted by Crippen LogP contribution is -2.30. The first kappa shape index (κ1) is 15.1. The van der Waals surface area contributed by atoms with Crippen molar-refractivity contribution in [2.75, 3.05) is 22.9 Å². The van der Waals surface area contributed by atoms with Gasteiger partial charge in [-0.1, -0.05) is 36.4 Å². The van der Waals surface area contributed by atoms with Crippen molar-refractivity contribution in [2.24, 2.45) is 0 Å². The highest BCUT2D eigenvalue weighted by atomic mass is 16.2. The summed E-state index contributed by atoms with van der Waals surface area (Å²) in [6.07, 6.45) is 3.54. The molecule has 0 spiro atoms. The summed E-state index contributed by atoms with van der Waals surface area (Å²) in [5.41, 5.74) is 5.06. The summed E-state index contributed by atoms with van der Waals surface area (Å²) >= 11 is 0. The van der Waals surface area contributed by atoms with Crippen molar-refractivity contribution in [3.8, 4) is 0 Å². The minimum Gasteiger partial charge on any atom is -0.310 e. The van der Waals surface area contributed by atoms with Crippen LogP contribution in [0.3, 0.4) is 0 Å². The summed E-state index contributed by atoms with van der Waals surface area (Å²) in [7, 11) is 0. The zero-order valence-corrected chi connectivity index (χ0v) is 14.3. The van der Waals surface area contributed by atoms with Crippen LogP contribution in [0.2, 0.25) is 0 Å². The average Bonchev–Trinajstić information content (AvgIpc) is 3.32. The maximum absolute atomic E-state index is 13.0. The first-order valence-electron chi connectivity index (χ1n) is 8.89. The van der Waals surface area contributed by atoms with Gasteiger partial charge in [-0.2, -0.15) is 0 Å². The van der Waals surface area contributed by atoms with E-state index in [1.807, 2.05) is 35.2 Å². The third kappa shape index (κ3) is 2.36. The molecule has 0 atom stereocenters. The summed E-state index contributed by atoms with van der Waals surface area (Å²) in [6.45, 7) is 1.54. The summed E-state index contributed by atoms with van der Waals surface area (Å²) in [5, 5.41) is 0. The number of carbonyl (C=O) groups is 1. The normalized spacial score (nSPS) is 15.1. The van der Waals surface area contributed by atoms with Crippen molar-refractivity contribution >= 4 is 23.2 Å². The molecule has 2 aliphatic heterocycles. The van der Waals surface area contributed by atoms with Gasteiger partial charge >= 0.3 is 0 Å². The molecule has 5 nitrogen and oxygen atoms in total. The van der Waals surface area contributed by atoms with Gasteiger partial charge in [-0.3, -0.25) is 4.79 Å². The molecule has 26 heavy (non-hydrogen) atoms. The Kier molecular flexibility index (Phi) is 3.45. The molecule has 5 rings (SSSR count). The number of fused-ring (bicyclic) bond motifs is 2. The van der Waals surface area contributed by atoms with Gasteiger partial charge in [0, 0.05) is 30.7 Å². The smallest absolute Gasteiger partial charge is 0.277 e. The minimum absolute atomic E-state index is 0.0638. The Morgan fingerprint density at radius 3 is 2.38 bits per heavy atom. The van der Waals surface area contributed by atoms with Gasteiger partial charge in [-0.05, 0) is 42.2 Å². The Labute approximate surface area is 151 Å². The predicted molar refractivity (Wildman–Crippen MR) is 101 cm³/mol. The zero-order chi connectivity index (χ0) is 17.5. The Balaban J connectivity index is 1.47. The van der Waals surface area contributed by atoms with E-state index in [1.165, 1.54) is 11.1 Å². The van der Waals surface area contributed by atoms with Gasteiger partial charge in [-0.15, -0.1) is 0 Å². The number of anilines is 3. The Bertz CT molecular complexity index is 1000. The van der Waals surface area contributed by atoms with E-state index < -0.39 is 0 Å². The fourth-order valence-electron chi connectivity index (χ4n) is 3.83. The van der Waals surface area contributed by atoms with E-state index in [1.54, 1.807) is 12.3 Å². The van der Waals surface area contributed by atoms with E-state index in [0.29, 0.717) is 18.2 Å². The molecule has 3 heterocycles. The van der Waals surface area contributed by atoms with Gasteiger partial charge in [-0.25, -0.2) is 9.97 Å². The predicted octanol–water partition coefficient (Wildman–Crippen LogP) is 3.37. The second-order valence-corrected chi connectivity index (χ2v) is 6.61. The van der Waals surface area contributed by atoms with Crippen LogP contribution < -0.4 is 9.80 Å². The number of aromatic nitrogens is 2. The van der Waals surface area contributed by atoms with Crippen LogP contribution in [-0.2, 0) is 12.8 Å². The molecule has 0 unspecified atom stereocenters. The molecule has 0 N–H and O–H groups in total. The van der Waals surface area contributed by atoms with Crippen molar-refractivity contribution < 1.29 is 4.79 Å². The molecule has 0 aliphatic carbocycles. The van der Waals surface area contributed by atoms with Crippen molar-refractivity contribution in [1.82, 2.24) is 9.97 Å². The number of benzene rings is 2. The Morgan fingerprint density at radius 1 is 0.846 bits per heavy atom. The number of hydrogen-bond acceptors (Lipinski definition) is 4. The first-order chi connectivity index (χ1) is 12.8. The van der Waals surface area contributed by atoms with Crippen molar-refractivity contribution in [1.29, 1.82) is 0 Å². The molecule has 2 aromatic carbocycles. The molecule has 0 saturated heterocycles. The fourth-order valence-corrected chi connectivity index (χ4v) is 3.83. The van der Waals surface area contributed by atoms with Gasteiger partial charge in [0.05, 0.1) is 0 Å². The number of para-hydroxylation sites is 2. The number of rotatable bonds is 2. The molecule has 5 heteroatoms. The number of nitrogens with zero attached hydrogens (tertiary/aromatic N) is 4. The van der Waals surface area contributed by atoms with Crippen LogP contribution in [0.25, 0.3) is 0 Å². The molecule has 1 aromatic heterocycles. The van der Waals surface area contributed by atoms with Gasteiger partial charge in [0.1, 0.15) is 5.69 Å². The molecule has 2 aliphatic rings. The standard InChI is InChI=1S/C21H18N4O/c26-20(24-13-10-15-5-1-3-7-18(15)24)17-9-12-22-21(23-17)25-14-11-16-6-2-4-8-19(16)25/h1-9,12H,10-11,13-14H2. The van der Waals surface area contributed by atoms with Crippen LogP contribution in [0.5, 0.6) is 0 Å². The van der Waals surface area contributed by atoms with Crippen LogP contribution in [0.15, 0.2) is 60.8 Å². The van der Waals surface area contributed by atoms with Crippen LogP contribution in [0.4, 0.5) is 17.3 Å². The van der Waals surface area contributed by atoms with Crippen molar-refractivity contribution in [2.45, 2.75) is 12.8 Å². The maximum atomic E-state index is 13.0. The lowest BCUT2D eigenvalue weighted by Gasteiger charge is -2.19. The average molecular weight is 342 g/mol. The SMILES string of the molecule is O=C(c1ccnc(N2CCc3ccccc32)n1)N1CCc2ccccc21. The Morgan fingerprint density at radius 2 is 1.54 bits per heavy atom. The fraction of sp³-hybridized carbons (Fsp3) is 0.190. The highest BCUT2D eigenvalue weighted by Gasteiger charge is 2.27.